The summed E-state index contributed by atoms with van der Waals surface area (Å²) in [6, 6.07) is -0.637. The maximum absolute atomic E-state index is 10.4. The highest BCUT2D eigenvalue weighted by Crippen LogP contribution is 1.90. The number of carboxylic acids is 1. The van der Waals surface area contributed by atoms with Gasteiger partial charge in [-0.1, -0.05) is 6.92 Å². The molecule has 0 aliphatic carbocycles. The molecular weight excluding hydrogens is 162 g/mol. The second-order valence-electron chi connectivity index (χ2n) is 2.26. The Morgan fingerprint density at radius 1 is 1.58 bits per heavy atom. The van der Waals surface area contributed by atoms with Crippen molar-refractivity contribution in [2.45, 2.75) is 19.4 Å². The molecule has 0 saturated heterocycles. The van der Waals surface area contributed by atoms with Crippen LogP contribution in [-0.4, -0.2) is 37.4 Å². The van der Waals surface area contributed by atoms with E-state index in [2.05, 4.69) is 5.48 Å². The zero-order valence-electron chi connectivity index (χ0n) is 7.37. The van der Waals surface area contributed by atoms with Gasteiger partial charge in [0.2, 0.25) is 0 Å². The predicted molar refractivity (Wildman–Crippen MR) is 42.7 cm³/mol. The van der Waals surface area contributed by atoms with Gasteiger partial charge in [0.1, 0.15) is 6.04 Å². The molecule has 2 N–H and O–H groups in total. The van der Waals surface area contributed by atoms with E-state index in [4.69, 9.17) is 14.7 Å². The molecule has 0 spiro atoms. The fourth-order valence-electron chi connectivity index (χ4n) is 0.593. The third kappa shape index (κ3) is 5.06. The van der Waals surface area contributed by atoms with E-state index in [1.807, 2.05) is 0 Å². The van der Waals surface area contributed by atoms with Gasteiger partial charge >= 0.3 is 5.97 Å². The van der Waals surface area contributed by atoms with Crippen LogP contribution in [0.1, 0.15) is 13.3 Å². The minimum Gasteiger partial charge on any atom is -0.480 e. The van der Waals surface area contributed by atoms with Crippen molar-refractivity contribution in [1.29, 1.82) is 0 Å². The maximum Gasteiger partial charge on any atom is 0.323 e. The number of nitrogens with one attached hydrogen (secondary N) is 1. The fourth-order valence-corrected chi connectivity index (χ4v) is 0.593. The van der Waals surface area contributed by atoms with Crippen molar-refractivity contribution in [3.63, 3.8) is 0 Å². The number of carboxylic acid groups (broad SMARTS) is 1. The summed E-state index contributed by atoms with van der Waals surface area (Å²) < 4.78 is 4.71. The molecule has 0 saturated carbocycles. The molecule has 0 rings (SSSR count). The van der Waals surface area contributed by atoms with Crippen molar-refractivity contribution in [3.8, 4) is 0 Å². The lowest BCUT2D eigenvalue weighted by Gasteiger charge is -2.11. The molecule has 0 heterocycles. The van der Waals surface area contributed by atoms with Crippen LogP contribution in [0.2, 0.25) is 0 Å². The minimum atomic E-state index is -0.907. The lowest BCUT2D eigenvalue weighted by molar-refractivity contribution is -0.144. The number of aliphatic carboxylic acids is 1. The Bertz CT molecular complexity index is 129. The van der Waals surface area contributed by atoms with Gasteiger partial charge in [0.05, 0.1) is 13.2 Å². The molecule has 0 fully saturated rings. The summed E-state index contributed by atoms with van der Waals surface area (Å²) in [4.78, 5) is 15.3. The molecule has 0 aliphatic rings. The lowest BCUT2D eigenvalue weighted by atomic mass is 10.2. The Kier molecular flexibility index (Phi) is 6.64. The Morgan fingerprint density at radius 2 is 2.25 bits per heavy atom. The van der Waals surface area contributed by atoms with Crippen LogP contribution >= 0.6 is 0 Å². The van der Waals surface area contributed by atoms with Gasteiger partial charge in [-0.15, -0.1) is 0 Å². The molecule has 72 valence electrons. The third-order valence-corrected chi connectivity index (χ3v) is 1.32. The van der Waals surface area contributed by atoms with Gasteiger partial charge in [0.15, 0.2) is 0 Å². The van der Waals surface area contributed by atoms with E-state index >= 15 is 0 Å². The molecule has 0 aliphatic heterocycles. The summed E-state index contributed by atoms with van der Waals surface area (Å²) in [7, 11) is 1.55. The molecule has 0 aromatic heterocycles. The number of carbonyl (C=O) groups is 1. The van der Waals surface area contributed by atoms with Crippen molar-refractivity contribution in [3.05, 3.63) is 0 Å². The summed E-state index contributed by atoms with van der Waals surface area (Å²) in [6.07, 6.45) is 0.488. The standard InChI is InChI=1S/C7H15NO4/c1-3-6(7(9)10)8-12-5-4-11-2/h6,8H,3-5H2,1-2H3,(H,9,10). The molecule has 0 aromatic carbocycles. The molecule has 1 unspecified atom stereocenters. The van der Waals surface area contributed by atoms with Crippen LogP contribution in [0.25, 0.3) is 0 Å². The first-order chi connectivity index (χ1) is 5.72. The van der Waals surface area contributed by atoms with Crippen LogP contribution in [0.4, 0.5) is 0 Å². The predicted octanol–water partition coefficient (Wildman–Crippen LogP) is 0.0172. The Labute approximate surface area is 71.6 Å². The second-order valence-corrected chi connectivity index (χ2v) is 2.26. The molecule has 0 aromatic rings. The fraction of sp³-hybridized carbons (Fsp3) is 0.857. The van der Waals surface area contributed by atoms with Gasteiger partial charge in [0.25, 0.3) is 0 Å². The first kappa shape index (κ1) is 11.4. The Balaban J connectivity index is 3.38. The van der Waals surface area contributed by atoms with Gasteiger partial charge in [-0.05, 0) is 6.42 Å². The van der Waals surface area contributed by atoms with Gasteiger partial charge in [-0.3, -0.25) is 9.63 Å². The number of ether oxygens (including phenoxy) is 1. The third-order valence-electron chi connectivity index (χ3n) is 1.32. The zero-order valence-corrected chi connectivity index (χ0v) is 7.37. The average Bonchev–Trinajstić information content (AvgIpc) is 2.04. The zero-order chi connectivity index (χ0) is 9.40. The van der Waals surface area contributed by atoms with Crippen molar-refractivity contribution >= 4 is 5.97 Å². The first-order valence-electron chi connectivity index (χ1n) is 3.81. The normalized spacial score (nSPS) is 12.8. The smallest absolute Gasteiger partial charge is 0.323 e. The van der Waals surface area contributed by atoms with Crippen LogP contribution in [0.3, 0.4) is 0 Å². The molecule has 5 heteroatoms. The number of hydrogen-bond donors (Lipinski definition) is 2. The molecular formula is C7H15NO4. The molecule has 0 bridgehead atoms. The molecule has 1 atom stereocenters. The second kappa shape index (κ2) is 7.02. The van der Waals surface area contributed by atoms with E-state index in [1.165, 1.54) is 0 Å². The minimum absolute atomic E-state index is 0.348. The van der Waals surface area contributed by atoms with E-state index in [9.17, 15) is 4.79 Å². The van der Waals surface area contributed by atoms with Crippen molar-refractivity contribution in [2.24, 2.45) is 0 Å². The van der Waals surface area contributed by atoms with Crippen LogP contribution in [-0.2, 0) is 14.4 Å². The van der Waals surface area contributed by atoms with Crippen LogP contribution < -0.4 is 5.48 Å². The van der Waals surface area contributed by atoms with Gasteiger partial charge in [-0.2, -0.15) is 5.48 Å². The molecule has 0 amide bonds. The van der Waals surface area contributed by atoms with Crippen molar-refractivity contribution in [1.82, 2.24) is 5.48 Å². The van der Waals surface area contributed by atoms with Gasteiger partial charge < -0.3 is 9.84 Å². The van der Waals surface area contributed by atoms with Crippen molar-refractivity contribution in [2.75, 3.05) is 20.3 Å². The lowest BCUT2D eigenvalue weighted by Crippen LogP contribution is -2.36. The van der Waals surface area contributed by atoms with E-state index < -0.39 is 12.0 Å². The Hall–Kier alpha value is -0.650. The van der Waals surface area contributed by atoms with Crippen molar-refractivity contribution < 1.29 is 19.5 Å². The summed E-state index contributed by atoms with van der Waals surface area (Å²) in [5.41, 5.74) is 2.42. The first-order valence-corrected chi connectivity index (χ1v) is 3.81. The van der Waals surface area contributed by atoms with E-state index in [0.29, 0.717) is 19.6 Å². The monoisotopic (exact) mass is 177 g/mol. The summed E-state index contributed by atoms with van der Waals surface area (Å²) in [5.74, 6) is -0.907. The van der Waals surface area contributed by atoms with E-state index in [-0.39, 0.29) is 0 Å². The number of hydrogen-bond acceptors (Lipinski definition) is 4. The van der Waals surface area contributed by atoms with Gasteiger partial charge in [-0.25, -0.2) is 0 Å². The van der Waals surface area contributed by atoms with E-state index in [0.717, 1.165) is 0 Å². The topological polar surface area (TPSA) is 67.8 Å². The quantitative estimate of drug-likeness (QED) is 0.424. The maximum atomic E-state index is 10.4. The number of rotatable bonds is 7. The highest BCUT2D eigenvalue weighted by Gasteiger charge is 2.13. The number of hydroxylamine groups is 1. The van der Waals surface area contributed by atoms with Gasteiger partial charge in [0, 0.05) is 7.11 Å². The largest absolute Gasteiger partial charge is 0.480 e. The summed E-state index contributed by atoms with van der Waals surface area (Å²) in [5, 5.41) is 8.56. The Morgan fingerprint density at radius 3 is 2.67 bits per heavy atom. The van der Waals surface area contributed by atoms with Crippen LogP contribution in [0.15, 0.2) is 0 Å². The molecule has 12 heavy (non-hydrogen) atoms. The van der Waals surface area contributed by atoms with Crippen LogP contribution in [0.5, 0.6) is 0 Å². The average molecular weight is 177 g/mol. The summed E-state index contributed by atoms with van der Waals surface area (Å²) >= 11 is 0. The number of methoxy groups -OCH3 is 1. The SMILES string of the molecule is CCC(NOCCOC)C(=O)O. The summed E-state index contributed by atoms with van der Waals surface area (Å²) in [6.45, 7) is 2.56. The highest BCUT2D eigenvalue weighted by atomic mass is 16.7. The molecule has 5 nitrogen and oxygen atoms in total. The van der Waals surface area contributed by atoms with E-state index in [1.54, 1.807) is 14.0 Å². The molecule has 0 radical (unpaired) electrons. The van der Waals surface area contributed by atoms with Crippen LogP contribution in [0, 0.1) is 0 Å². The highest BCUT2D eigenvalue weighted by molar-refractivity contribution is 5.73.